The summed E-state index contributed by atoms with van der Waals surface area (Å²) >= 11 is 0. The largest absolute Gasteiger partial charge is 0.361 e. The molecule has 1 aliphatic rings. The van der Waals surface area contributed by atoms with Gasteiger partial charge in [0.25, 0.3) is 0 Å². The van der Waals surface area contributed by atoms with E-state index in [4.69, 9.17) is 0 Å². The fourth-order valence-corrected chi connectivity index (χ4v) is 4.43. The van der Waals surface area contributed by atoms with Gasteiger partial charge in [0.15, 0.2) is 0 Å². The molecule has 28 heavy (non-hydrogen) atoms. The Hall–Kier alpha value is -3.43. The van der Waals surface area contributed by atoms with Crippen molar-refractivity contribution in [1.29, 1.82) is 0 Å². The average Bonchev–Trinajstić information content (AvgIpc) is 3.19. The Morgan fingerprint density at radius 3 is 2.36 bits per heavy atom. The van der Waals surface area contributed by atoms with Crippen molar-refractivity contribution < 1.29 is 9.59 Å². The zero-order valence-corrected chi connectivity index (χ0v) is 15.5. The second-order valence-corrected chi connectivity index (χ2v) is 6.95. The molecule has 0 radical (unpaired) electrons. The van der Waals surface area contributed by atoms with Crippen molar-refractivity contribution in [1.82, 2.24) is 4.98 Å². The average molecular weight is 384 g/mol. The molecule has 1 N–H and O–H groups in total. The van der Waals surface area contributed by atoms with Crippen molar-refractivity contribution in [3.63, 3.8) is 0 Å². The van der Waals surface area contributed by atoms with Gasteiger partial charge in [-0.2, -0.15) is 0 Å². The van der Waals surface area contributed by atoms with Gasteiger partial charge in [0, 0.05) is 22.5 Å². The number of hydrogen-bond acceptors (Lipinski definition) is 2. The summed E-state index contributed by atoms with van der Waals surface area (Å²) in [6.45, 7) is 0. The number of benzene rings is 4. The van der Waals surface area contributed by atoms with Crippen LogP contribution in [0.15, 0.2) is 66.9 Å². The Balaban J connectivity index is 0.00000171. The number of hydrogen-bond donors (Lipinski definition) is 1. The van der Waals surface area contributed by atoms with Gasteiger partial charge in [0.1, 0.15) is 0 Å². The molecule has 0 atom stereocenters. The standard InChI is InChI=1S/C24H13NO2.ClH/c26-20-10-9-15-16(24(20)27)7-8-17-21-14-4-2-1-3-13(14)5-6-18(21)23-19(22(15)17)11-12-25-23;/h1-12,25H;1H. The maximum atomic E-state index is 12.4. The van der Waals surface area contributed by atoms with Crippen molar-refractivity contribution in [2.75, 3.05) is 0 Å². The number of halogens is 1. The molecule has 0 fully saturated rings. The predicted octanol–water partition coefficient (Wildman–Crippen LogP) is 5.83. The minimum atomic E-state index is -0.460. The molecule has 1 aromatic heterocycles. The first kappa shape index (κ1) is 16.7. The van der Waals surface area contributed by atoms with Crippen LogP contribution in [-0.2, 0) is 4.79 Å². The SMILES string of the molecule is Cl.O=C1C=Cc2c(ccc3c2c2cc[nH]c2c2ccc4ccccc4c23)C1=O. The van der Waals surface area contributed by atoms with E-state index in [1.54, 1.807) is 12.1 Å². The van der Waals surface area contributed by atoms with Gasteiger partial charge in [-0.1, -0.05) is 42.5 Å². The lowest BCUT2D eigenvalue weighted by atomic mass is 9.86. The highest BCUT2D eigenvalue weighted by Crippen LogP contribution is 2.41. The lowest BCUT2D eigenvalue weighted by Crippen LogP contribution is -2.16. The second-order valence-electron chi connectivity index (χ2n) is 6.95. The maximum absolute atomic E-state index is 12.4. The number of H-pyrrole nitrogens is 1. The van der Waals surface area contributed by atoms with Crippen LogP contribution in [0.4, 0.5) is 0 Å². The summed E-state index contributed by atoms with van der Waals surface area (Å²) in [6, 6.07) is 18.5. The van der Waals surface area contributed by atoms with Crippen molar-refractivity contribution >= 4 is 73.3 Å². The molecule has 0 spiro atoms. The highest BCUT2D eigenvalue weighted by atomic mass is 35.5. The van der Waals surface area contributed by atoms with Gasteiger partial charge in [0.05, 0.1) is 5.52 Å². The van der Waals surface area contributed by atoms with Crippen molar-refractivity contribution in [3.8, 4) is 0 Å². The van der Waals surface area contributed by atoms with Gasteiger partial charge < -0.3 is 4.98 Å². The summed E-state index contributed by atoms with van der Waals surface area (Å²) < 4.78 is 0. The predicted molar refractivity (Wildman–Crippen MR) is 116 cm³/mol. The minimum Gasteiger partial charge on any atom is -0.361 e. The van der Waals surface area contributed by atoms with Gasteiger partial charge in [-0.15, -0.1) is 12.4 Å². The van der Waals surface area contributed by atoms with Crippen LogP contribution in [0.2, 0.25) is 0 Å². The van der Waals surface area contributed by atoms with E-state index in [2.05, 4.69) is 29.2 Å². The molecular formula is C24H14ClNO2. The van der Waals surface area contributed by atoms with Crippen molar-refractivity contribution in [3.05, 3.63) is 78.0 Å². The monoisotopic (exact) mass is 383 g/mol. The van der Waals surface area contributed by atoms with Gasteiger partial charge in [0.2, 0.25) is 11.6 Å². The molecule has 4 aromatic carbocycles. The summed E-state index contributed by atoms with van der Waals surface area (Å²) in [6.07, 6.45) is 5.10. The first-order valence-corrected chi connectivity index (χ1v) is 8.88. The van der Waals surface area contributed by atoms with Crippen LogP contribution in [0.1, 0.15) is 15.9 Å². The minimum absolute atomic E-state index is 0. The topological polar surface area (TPSA) is 49.9 Å². The Morgan fingerprint density at radius 1 is 0.679 bits per heavy atom. The van der Waals surface area contributed by atoms with Crippen LogP contribution in [0.3, 0.4) is 0 Å². The molecule has 0 aliphatic heterocycles. The molecule has 1 aliphatic carbocycles. The smallest absolute Gasteiger partial charge is 0.233 e. The van der Waals surface area contributed by atoms with Gasteiger partial charge in [-0.05, 0) is 56.8 Å². The number of carbonyl (C=O) groups excluding carboxylic acids is 2. The molecule has 1 heterocycles. The highest BCUT2D eigenvalue weighted by molar-refractivity contribution is 6.51. The van der Waals surface area contributed by atoms with Gasteiger partial charge in [-0.25, -0.2) is 0 Å². The number of ketones is 2. The van der Waals surface area contributed by atoms with E-state index in [1.165, 1.54) is 22.2 Å². The first-order chi connectivity index (χ1) is 13.2. The normalized spacial score (nSPS) is 13.4. The van der Waals surface area contributed by atoms with Crippen LogP contribution >= 0.6 is 12.4 Å². The lowest BCUT2D eigenvalue weighted by molar-refractivity contribution is -0.110. The molecule has 4 heteroatoms. The fraction of sp³-hybridized carbons (Fsp3) is 0. The number of aromatic amines is 1. The van der Waals surface area contributed by atoms with Crippen LogP contribution < -0.4 is 0 Å². The Kier molecular flexibility index (Phi) is 3.45. The van der Waals surface area contributed by atoms with Crippen molar-refractivity contribution in [2.24, 2.45) is 0 Å². The molecule has 0 bridgehead atoms. The summed E-state index contributed by atoms with van der Waals surface area (Å²) in [5, 5.41) is 7.86. The quantitative estimate of drug-likeness (QED) is 0.270. The Morgan fingerprint density at radius 2 is 1.46 bits per heavy atom. The van der Waals surface area contributed by atoms with Crippen LogP contribution in [0.5, 0.6) is 0 Å². The van der Waals surface area contributed by atoms with Gasteiger partial charge in [-0.3, -0.25) is 9.59 Å². The zero-order valence-electron chi connectivity index (χ0n) is 14.7. The first-order valence-electron chi connectivity index (χ1n) is 8.88. The van der Waals surface area contributed by atoms with E-state index in [1.807, 2.05) is 30.5 Å². The molecule has 0 unspecified atom stereocenters. The maximum Gasteiger partial charge on any atom is 0.233 e. The van der Waals surface area contributed by atoms with E-state index in [-0.39, 0.29) is 12.4 Å². The number of carbonyl (C=O) groups is 2. The summed E-state index contributed by atoms with van der Waals surface area (Å²) in [5.74, 6) is -0.894. The molecular weight excluding hydrogens is 370 g/mol. The highest BCUT2D eigenvalue weighted by Gasteiger charge is 2.24. The Bertz CT molecular complexity index is 1510. The molecule has 0 saturated carbocycles. The second kappa shape index (κ2) is 5.78. The lowest BCUT2D eigenvalue weighted by Gasteiger charge is -2.16. The third-order valence-electron chi connectivity index (χ3n) is 5.60. The molecule has 3 nitrogen and oxygen atoms in total. The van der Waals surface area contributed by atoms with Crippen molar-refractivity contribution in [2.45, 2.75) is 0 Å². The molecule has 134 valence electrons. The third-order valence-corrected chi connectivity index (χ3v) is 5.60. The molecule has 0 amide bonds. The molecule has 0 saturated heterocycles. The number of rotatable bonds is 0. The van der Waals surface area contributed by atoms with E-state index in [0.29, 0.717) is 5.56 Å². The summed E-state index contributed by atoms with van der Waals surface area (Å²) in [7, 11) is 0. The van der Waals surface area contributed by atoms with Crippen LogP contribution in [0.25, 0.3) is 49.3 Å². The summed E-state index contributed by atoms with van der Waals surface area (Å²) in [5.41, 5.74) is 2.36. The molecule has 6 rings (SSSR count). The third kappa shape index (κ3) is 1.99. The van der Waals surface area contributed by atoms with Gasteiger partial charge >= 0.3 is 0 Å². The summed E-state index contributed by atoms with van der Waals surface area (Å²) in [4.78, 5) is 27.6. The van der Waals surface area contributed by atoms with E-state index >= 15 is 0 Å². The number of Topliss-reactive ketones (excluding diaryl/α,β-unsaturated/α-hetero) is 1. The number of fused-ring (bicyclic) bond motifs is 10. The van der Waals surface area contributed by atoms with E-state index in [9.17, 15) is 9.59 Å². The van der Waals surface area contributed by atoms with E-state index in [0.717, 1.165) is 32.6 Å². The fourth-order valence-electron chi connectivity index (χ4n) is 4.43. The number of aromatic nitrogens is 1. The van der Waals surface area contributed by atoms with Crippen LogP contribution in [-0.4, -0.2) is 16.6 Å². The van der Waals surface area contributed by atoms with Crippen LogP contribution in [0, 0.1) is 0 Å². The number of allylic oxidation sites excluding steroid dienone is 1. The Labute approximate surface area is 166 Å². The van der Waals surface area contributed by atoms with E-state index < -0.39 is 11.6 Å². The zero-order chi connectivity index (χ0) is 18.1. The number of nitrogens with one attached hydrogen (secondary N) is 1. The molecule has 5 aromatic rings.